The van der Waals surface area contributed by atoms with Gasteiger partial charge >= 0.3 is 0 Å². The molecule has 2 aromatic carbocycles. The van der Waals surface area contributed by atoms with Crippen LogP contribution in [0.5, 0.6) is 0 Å². The first-order valence-electron chi connectivity index (χ1n) is 7.59. The van der Waals surface area contributed by atoms with E-state index in [9.17, 15) is 4.39 Å². The molecule has 5 heteroatoms. The maximum Gasteiger partial charge on any atom is 0.195 e. The first-order chi connectivity index (χ1) is 11.2. The molecule has 23 heavy (non-hydrogen) atoms. The van der Waals surface area contributed by atoms with Crippen LogP contribution in [-0.4, -0.2) is 20.5 Å². The summed E-state index contributed by atoms with van der Waals surface area (Å²) >= 11 is 1.68. The number of rotatable bonds is 6. The molecule has 3 rings (SSSR count). The van der Waals surface area contributed by atoms with Crippen molar-refractivity contribution in [3.05, 3.63) is 71.8 Å². The summed E-state index contributed by atoms with van der Waals surface area (Å²) in [6, 6.07) is 16.9. The van der Waals surface area contributed by atoms with Crippen LogP contribution < -0.4 is 0 Å². The SMILES string of the molecule is Cc1nnc(SCCCc2ccccc2)n1-c1ccc(F)cc1. The molecular formula is C18H18FN3S. The van der Waals surface area contributed by atoms with E-state index < -0.39 is 0 Å². The molecule has 1 heterocycles. The minimum atomic E-state index is -0.239. The number of hydrogen-bond acceptors (Lipinski definition) is 3. The molecule has 0 spiro atoms. The fourth-order valence-corrected chi connectivity index (χ4v) is 3.34. The molecule has 0 aliphatic rings. The molecule has 0 aliphatic carbocycles. The molecule has 0 atom stereocenters. The van der Waals surface area contributed by atoms with Gasteiger partial charge in [0.25, 0.3) is 0 Å². The van der Waals surface area contributed by atoms with Gasteiger partial charge in [0.2, 0.25) is 0 Å². The summed E-state index contributed by atoms with van der Waals surface area (Å²) in [5.74, 6) is 1.53. The van der Waals surface area contributed by atoms with Gasteiger partial charge in [0, 0.05) is 11.4 Å². The van der Waals surface area contributed by atoms with Crippen molar-refractivity contribution in [3.63, 3.8) is 0 Å². The molecular weight excluding hydrogens is 309 g/mol. The molecule has 0 N–H and O–H groups in total. The Kier molecular flexibility index (Phi) is 5.08. The normalized spacial score (nSPS) is 10.9. The van der Waals surface area contributed by atoms with Crippen LogP contribution in [0.15, 0.2) is 59.8 Å². The second-order valence-corrected chi connectivity index (χ2v) is 6.34. The van der Waals surface area contributed by atoms with Gasteiger partial charge in [-0.05, 0) is 49.6 Å². The lowest BCUT2D eigenvalue weighted by Gasteiger charge is -2.08. The zero-order chi connectivity index (χ0) is 16.1. The predicted octanol–water partition coefficient (Wildman–Crippen LogP) is 4.44. The first kappa shape index (κ1) is 15.7. The number of aromatic nitrogens is 3. The summed E-state index contributed by atoms with van der Waals surface area (Å²) in [5, 5.41) is 9.24. The van der Waals surface area contributed by atoms with Gasteiger partial charge in [-0.1, -0.05) is 42.1 Å². The van der Waals surface area contributed by atoms with E-state index in [0.717, 1.165) is 35.3 Å². The average Bonchev–Trinajstić information content (AvgIpc) is 2.94. The topological polar surface area (TPSA) is 30.7 Å². The van der Waals surface area contributed by atoms with Gasteiger partial charge in [0.15, 0.2) is 5.16 Å². The lowest BCUT2D eigenvalue weighted by Crippen LogP contribution is -2.00. The van der Waals surface area contributed by atoms with Crippen molar-refractivity contribution in [1.82, 2.24) is 14.8 Å². The van der Waals surface area contributed by atoms with E-state index in [1.165, 1.54) is 17.7 Å². The van der Waals surface area contributed by atoms with Gasteiger partial charge < -0.3 is 0 Å². The molecule has 0 unspecified atom stereocenters. The second kappa shape index (κ2) is 7.42. The Labute approximate surface area is 139 Å². The number of halogens is 1. The standard InChI is InChI=1S/C18H18FN3S/c1-14-20-21-18(22(14)17-11-9-16(19)10-12-17)23-13-5-8-15-6-3-2-4-7-15/h2-4,6-7,9-12H,5,8,13H2,1H3. The monoisotopic (exact) mass is 327 g/mol. The second-order valence-electron chi connectivity index (χ2n) is 5.28. The largest absolute Gasteiger partial charge is 0.274 e. The molecule has 0 saturated heterocycles. The van der Waals surface area contributed by atoms with Crippen LogP contribution >= 0.6 is 11.8 Å². The molecule has 118 valence electrons. The minimum absolute atomic E-state index is 0.239. The maximum absolute atomic E-state index is 13.1. The predicted molar refractivity (Wildman–Crippen MR) is 91.5 cm³/mol. The fraction of sp³-hybridized carbons (Fsp3) is 0.222. The van der Waals surface area contributed by atoms with E-state index in [-0.39, 0.29) is 5.82 Å². The number of nitrogens with zero attached hydrogens (tertiary/aromatic N) is 3. The molecule has 1 aromatic heterocycles. The summed E-state index contributed by atoms with van der Waals surface area (Å²) in [6.45, 7) is 1.91. The summed E-state index contributed by atoms with van der Waals surface area (Å²) in [5.41, 5.74) is 2.24. The molecule has 0 bridgehead atoms. The van der Waals surface area contributed by atoms with E-state index in [1.54, 1.807) is 23.9 Å². The van der Waals surface area contributed by atoms with E-state index in [2.05, 4.69) is 34.5 Å². The zero-order valence-corrected chi connectivity index (χ0v) is 13.8. The Hall–Kier alpha value is -2.14. The van der Waals surface area contributed by atoms with Crippen molar-refractivity contribution in [2.45, 2.75) is 24.9 Å². The first-order valence-corrected chi connectivity index (χ1v) is 8.57. The van der Waals surface area contributed by atoms with E-state index in [1.807, 2.05) is 17.6 Å². The molecule has 3 nitrogen and oxygen atoms in total. The number of aryl methyl sites for hydroxylation is 2. The van der Waals surface area contributed by atoms with Crippen molar-refractivity contribution in [2.24, 2.45) is 0 Å². The highest BCUT2D eigenvalue weighted by atomic mass is 32.2. The van der Waals surface area contributed by atoms with Gasteiger partial charge in [-0.2, -0.15) is 0 Å². The lowest BCUT2D eigenvalue weighted by atomic mass is 10.1. The van der Waals surface area contributed by atoms with Gasteiger partial charge in [0.1, 0.15) is 11.6 Å². The lowest BCUT2D eigenvalue weighted by molar-refractivity contribution is 0.627. The quantitative estimate of drug-likeness (QED) is 0.495. The van der Waals surface area contributed by atoms with Gasteiger partial charge in [0.05, 0.1) is 0 Å². The smallest absolute Gasteiger partial charge is 0.195 e. The summed E-state index contributed by atoms with van der Waals surface area (Å²) in [7, 11) is 0. The van der Waals surface area contributed by atoms with Crippen molar-refractivity contribution in [3.8, 4) is 5.69 Å². The van der Waals surface area contributed by atoms with E-state index >= 15 is 0 Å². The van der Waals surface area contributed by atoms with Crippen LogP contribution in [0.4, 0.5) is 4.39 Å². The Balaban J connectivity index is 1.63. The average molecular weight is 327 g/mol. The Morgan fingerprint density at radius 2 is 1.74 bits per heavy atom. The Morgan fingerprint density at radius 1 is 1.00 bits per heavy atom. The number of benzene rings is 2. The molecule has 0 amide bonds. The molecule has 3 aromatic rings. The van der Waals surface area contributed by atoms with Crippen LogP contribution in [0, 0.1) is 12.7 Å². The fourth-order valence-electron chi connectivity index (χ4n) is 2.41. The summed E-state index contributed by atoms with van der Waals surface area (Å²) in [4.78, 5) is 0. The van der Waals surface area contributed by atoms with Gasteiger partial charge in [-0.3, -0.25) is 4.57 Å². The highest BCUT2D eigenvalue weighted by Crippen LogP contribution is 2.23. The van der Waals surface area contributed by atoms with Crippen LogP contribution in [0.2, 0.25) is 0 Å². The van der Waals surface area contributed by atoms with Crippen LogP contribution in [-0.2, 0) is 6.42 Å². The Bertz CT molecular complexity index is 754. The van der Waals surface area contributed by atoms with Gasteiger partial charge in [-0.15, -0.1) is 10.2 Å². The Morgan fingerprint density at radius 3 is 2.48 bits per heavy atom. The molecule has 0 fully saturated rings. The summed E-state index contributed by atoms with van der Waals surface area (Å²) < 4.78 is 15.1. The van der Waals surface area contributed by atoms with Crippen molar-refractivity contribution in [2.75, 3.05) is 5.75 Å². The zero-order valence-electron chi connectivity index (χ0n) is 12.9. The third kappa shape index (κ3) is 3.99. The van der Waals surface area contributed by atoms with Gasteiger partial charge in [-0.25, -0.2) is 4.39 Å². The van der Waals surface area contributed by atoms with Crippen LogP contribution in [0.3, 0.4) is 0 Å². The van der Waals surface area contributed by atoms with E-state index in [4.69, 9.17) is 0 Å². The summed E-state index contributed by atoms with van der Waals surface area (Å²) in [6.07, 6.45) is 2.13. The van der Waals surface area contributed by atoms with E-state index in [0.29, 0.717) is 0 Å². The van der Waals surface area contributed by atoms with Crippen molar-refractivity contribution >= 4 is 11.8 Å². The molecule has 0 saturated carbocycles. The highest BCUT2D eigenvalue weighted by molar-refractivity contribution is 7.99. The van der Waals surface area contributed by atoms with Crippen LogP contribution in [0.25, 0.3) is 5.69 Å². The van der Waals surface area contributed by atoms with Crippen molar-refractivity contribution < 1.29 is 4.39 Å². The molecule has 0 radical (unpaired) electrons. The van der Waals surface area contributed by atoms with Crippen LogP contribution in [0.1, 0.15) is 17.8 Å². The third-order valence-electron chi connectivity index (χ3n) is 3.56. The third-order valence-corrected chi connectivity index (χ3v) is 4.58. The number of hydrogen-bond donors (Lipinski definition) is 0. The highest BCUT2D eigenvalue weighted by Gasteiger charge is 2.11. The van der Waals surface area contributed by atoms with Crippen molar-refractivity contribution in [1.29, 1.82) is 0 Å². The number of thioether (sulfide) groups is 1. The minimum Gasteiger partial charge on any atom is -0.274 e. The maximum atomic E-state index is 13.1. The molecule has 0 aliphatic heterocycles.